The number of nitrogens with one attached hydrogen (secondary N) is 1. The van der Waals surface area contributed by atoms with Gasteiger partial charge in [-0.25, -0.2) is 22.0 Å². The van der Waals surface area contributed by atoms with E-state index in [0.717, 1.165) is 29.9 Å². The van der Waals surface area contributed by atoms with Crippen molar-refractivity contribution in [2.45, 2.75) is 69.5 Å². The lowest BCUT2D eigenvalue weighted by atomic mass is 9.92. The molecule has 9 nitrogen and oxygen atoms in total. The Bertz CT molecular complexity index is 1420. The van der Waals surface area contributed by atoms with Crippen LogP contribution in [0.3, 0.4) is 0 Å². The molecule has 0 aliphatic carbocycles. The number of halogens is 2. The van der Waals surface area contributed by atoms with Gasteiger partial charge in [-0.15, -0.1) is 0 Å². The Morgan fingerprint density at radius 1 is 1.10 bits per heavy atom. The van der Waals surface area contributed by atoms with E-state index in [2.05, 4.69) is 5.32 Å². The average molecular weight is 593 g/mol. The Labute approximate surface area is 238 Å². The fourth-order valence-corrected chi connectivity index (χ4v) is 6.51. The van der Waals surface area contributed by atoms with Crippen molar-refractivity contribution < 1.29 is 41.1 Å². The van der Waals surface area contributed by atoms with E-state index >= 15 is 4.39 Å². The molecule has 2 amide bonds. The Balaban J connectivity index is 1.72. The monoisotopic (exact) mass is 592 g/mol. The summed E-state index contributed by atoms with van der Waals surface area (Å²) >= 11 is 0. The molecule has 0 spiro atoms. The fourth-order valence-electron chi connectivity index (χ4n) is 4.90. The molecule has 0 saturated carbocycles. The number of ketones is 1. The van der Waals surface area contributed by atoms with Crippen molar-refractivity contribution >= 4 is 33.3 Å². The number of carbonyl (C=O) groups is 3. The van der Waals surface area contributed by atoms with Crippen LogP contribution < -0.4 is 10.2 Å². The zero-order chi connectivity index (χ0) is 29.9. The number of amides is 2. The van der Waals surface area contributed by atoms with E-state index in [-0.39, 0.29) is 30.1 Å². The second-order valence-corrected chi connectivity index (χ2v) is 13.4. The molecule has 0 unspecified atom stereocenters. The molecule has 2 aliphatic heterocycles. The molecule has 0 radical (unpaired) electrons. The number of benzene rings is 2. The van der Waals surface area contributed by atoms with Gasteiger partial charge >= 0.3 is 6.09 Å². The topological polar surface area (TPSA) is 119 Å². The second kappa shape index (κ2) is 12.2. The summed E-state index contributed by atoms with van der Waals surface area (Å²) in [5.41, 5.74) is -1.00. The summed E-state index contributed by atoms with van der Waals surface area (Å²) in [4.78, 5) is 40.0. The molecule has 0 bridgehead atoms. The number of carbonyl (C=O) groups excluding carboxylic acids is 3. The Kier molecular flexibility index (Phi) is 9.13. The van der Waals surface area contributed by atoms with Crippen molar-refractivity contribution in [1.29, 1.82) is 0 Å². The predicted octanol–water partition coefficient (Wildman–Crippen LogP) is 4.57. The Morgan fingerprint density at radius 3 is 2.39 bits per heavy atom. The lowest BCUT2D eigenvalue weighted by Crippen LogP contribution is -2.51. The van der Waals surface area contributed by atoms with Crippen LogP contribution in [0.25, 0.3) is 0 Å². The highest BCUT2D eigenvalue weighted by atomic mass is 32.2. The number of rotatable bonds is 7. The minimum atomic E-state index is -4.33. The molecule has 1 atom stereocenters. The van der Waals surface area contributed by atoms with E-state index in [0.29, 0.717) is 25.2 Å². The predicted molar refractivity (Wildman–Crippen MR) is 146 cm³/mol. The standard InChI is InChI=1S/C29H34F2N2O7S/c1-29(2,3)40-28(36)32-23-17-41(37,38)26-15-22(31)21(25(34)9-6-18-10-12-39-13-11-18)14-24(26)33(27(23)35)16-19-4-7-20(30)8-5-19/h4-5,7-8,14-15,18,23H,6,9-13,16-17H2,1-3H3,(H,32,36)/t23-/m0/s1. The molecule has 12 heteroatoms. The molecular weight excluding hydrogens is 558 g/mol. The minimum Gasteiger partial charge on any atom is -0.444 e. The number of anilines is 1. The number of alkyl carbamates (subject to hydrolysis) is 1. The van der Waals surface area contributed by atoms with Gasteiger partial charge in [0, 0.05) is 19.6 Å². The van der Waals surface area contributed by atoms with Gasteiger partial charge in [-0.05, 0) is 75.8 Å². The highest BCUT2D eigenvalue weighted by Crippen LogP contribution is 2.35. The first-order valence-corrected chi connectivity index (χ1v) is 15.1. The van der Waals surface area contributed by atoms with Gasteiger partial charge in [0.25, 0.3) is 5.91 Å². The summed E-state index contributed by atoms with van der Waals surface area (Å²) in [6, 6.07) is 5.48. The fraction of sp³-hybridized carbons (Fsp3) is 0.483. The van der Waals surface area contributed by atoms with E-state index < -0.39 is 61.5 Å². The SMILES string of the molecule is CC(C)(C)OC(=O)N[C@H]1CS(=O)(=O)c2cc(F)c(C(=O)CCC3CCOCC3)cc2N(Cc2ccc(F)cc2)C1=O. The molecule has 222 valence electrons. The normalized spacial score (nSPS) is 19.3. The molecular formula is C29H34F2N2O7S. The van der Waals surface area contributed by atoms with Crippen LogP contribution in [0.2, 0.25) is 0 Å². The maximum atomic E-state index is 15.3. The molecule has 1 N–H and O–H groups in total. The van der Waals surface area contributed by atoms with Gasteiger partial charge in [0.1, 0.15) is 23.3 Å². The van der Waals surface area contributed by atoms with E-state index in [1.165, 1.54) is 24.3 Å². The van der Waals surface area contributed by atoms with Crippen molar-refractivity contribution in [3.8, 4) is 0 Å². The van der Waals surface area contributed by atoms with E-state index in [1.807, 2.05) is 0 Å². The van der Waals surface area contributed by atoms with Crippen LogP contribution in [-0.4, -0.2) is 56.8 Å². The van der Waals surface area contributed by atoms with Crippen molar-refractivity contribution in [3.63, 3.8) is 0 Å². The second-order valence-electron chi connectivity index (χ2n) is 11.3. The van der Waals surface area contributed by atoms with Crippen molar-refractivity contribution in [1.82, 2.24) is 5.32 Å². The van der Waals surface area contributed by atoms with E-state index in [9.17, 15) is 27.2 Å². The zero-order valence-electron chi connectivity index (χ0n) is 23.2. The zero-order valence-corrected chi connectivity index (χ0v) is 24.1. The number of nitrogens with zero attached hydrogens (tertiary/aromatic N) is 1. The van der Waals surface area contributed by atoms with Crippen LogP contribution >= 0.6 is 0 Å². The van der Waals surface area contributed by atoms with Crippen LogP contribution in [-0.2, 0) is 30.7 Å². The lowest BCUT2D eigenvalue weighted by molar-refractivity contribution is -0.120. The van der Waals surface area contributed by atoms with Gasteiger partial charge in [-0.1, -0.05) is 12.1 Å². The highest BCUT2D eigenvalue weighted by molar-refractivity contribution is 7.91. The van der Waals surface area contributed by atoms with Crippen LogP contribution in [0.15, 0.2) is 41.3 Å². The van der Waals surface area contributed by atoms with Crippen molar-refractivity contribution in [2.24, 2.45) is 5.92 Å². The number of sulfone groups is 1. The molecule has 2 aromatic rings. The van der Waals surface area contributed by atoms with Gasteiger partial charge in [-0.2, -0.15) is 0 Å². The molecule has 4 rings (SSSR count). The largest absolute Gasteiger partial charge is 0.444 e. The maximum Gasteiger partial charge on any atom is 0.408 e. The summed E-state index contributed by atoms with van der Waals surface area (Å²) in [5.74, 6) is -3.45. The van der Waals surface area contributed by atoms with Gasteiger partial charge < -0.3 is 19.7 Å². The molecule has 1 saturated heterocycles. The van der Waals surface area contributed by atoms with Gasteiger partial charge in [0.05, 0.1) is 28.4 Å². The minimum absolute atomic E-state index is 0.0435. The van der Waals surface area contributed by atoms with Crippen molar-refractivity contribution in [3.05, 3.63) is 59.2 Å². The van der Waals surface area contributed by atoms with E-state index in [1.54, 1.807) is 20.8 Å². The van der Waals surface area contributed by atoms with Crippen LogP contribution in [0.5, 0.6) is 0 Å². The van der Waals surface area contributed by atoms with Crippen molar-refractivity contribution in [2.75, 3.05) is 23.9 Å². The molecule has 1 fully saturated rings. The Hall–Kier alpha value is -3.38. The van der Waals surface area contributed by atoms with Crippen LogP contribution in [0, 0.1) is 17.6 Å². The number of ether oxygens (including phenoxy) is 2. The maximum absolute atomic E-state index is 15.3. The number of hydrogen-bond donors (Lipinski definition) is 1. The third-order valence-corrected chi connectivity index (χ3v) is 8.76. The molecule has 0 aromatic heterocycles. The first-order chi connectivity index (χ1) is 19.2. The van der Waals surface area contributed by atoms with Gasteiger partial charge in [0.15, 0.2) is 15.6 Å². The molecule has 2 aromatic carbocycles. The summed E-state index contributed by atoms with van der Waals surface area (Å²) in [7, 11) is -4.33. The number of hydrogen-bond acceptors (Lipinski definition) is 7. The van der Waals surface area contributed by atoms with E-state index in [4.69, 9.17) is 9.47 Å². The molecule has 41 heavy (non-hydrogen) atoms. The van der Waals surface area contributed by atoms with Crippen LogP contribution in [0.1, 0.15) is 62.4 Å². The third-order valence-electron chi connectivity index (χ3n) is 6.99. The third kappa shape index (κ3) is 7.68. The first-order valence-electron chi connectivity index (χ1n) is 13.5. The lowest BCUT2D eigenvalue weighted by Gasteiger charge is -2.27. The Morgan fingerprint density at radius 2 is 1.76 bits per heavy atom. The summed E-state index contributed by atoms with van der Waals surface area (Å²) in [6.07, 6.45) is 1.15. The summed E-state index contributed by atoms with van der Waals surface area (Å²) in [5, 5.41) is 2.33. The smallest absolute Gasteiger partial charge is 0.408 e. The van der Waals surface area contributed by atoms with Crippen LogP contribution in [0.4, 0.5) is 19.3 Å². The quantitative estimate of drug-likeness (QED) is 0.468. The molecule has 2 heterocycles. The molecule has 2 aliphatic rings. The number of fused-ring (bicyclic) bond motifs is 1. The van der Waals surface area contributed by atoms with Gasteiger partial charge in [0.2, 0.25) is 0 Å². The summed E-state index contributed by atoms with van der Waals surface area (Å²) in [6.45, 7) is 5.80. The average Bonchev–Trinajstić information content (AvgIpc) is 2.96. The summed E-state index contributed by atoms with van der Waals surface area (Å²) < 4.78 is 66.3. The number of Topliss-reactive ketones (excluding diaryl/α,β-unsaturated/α-hetero) is 1. The first kappa shape index (κ1) is 30.6. The van der Waals surface area contributed by atoms with Gasteiger partial charge in [-0.3, -0.25) is 9.59 Å². The highest BCUT2D eigenvalue weighted by Gasteiger charge is 2.40.